The molecule has 1 saturated heterocycles. The zero-order chi connectivity index (χ0) is 16.9. The number of ether oxygens (including phenoxy) is 1. The lowest BCUT2D eigenvalue weighted by Crippen LogP contribution is -2.29. The number of carbonyl (C=O) groups is 1. The molecule has 24 heavy (non-hydrogen) atoms. The van der Waals surface area contributed by atoms with Gasteiger partial charge in [-0.05, 0) is 35.5 Å². The molecule has 1 aromatic heterocycles. The first-order valence-corrected chi connectivity index (χ1v) is 8.85. The van der Waals surface area contributed by atoms with E-state index in [1.54, 1.807) is 24.3 Å². The molecule has 5 nitrogen and oxygen atoms in total. The Morgan fingerprint density at radius 2 is 2.17 bits per heavy atom. The first-order chi connectivity index (χ1) is 11.7. The molecule has 0 radical (unpaired) electrons. The van der Waals surface area contributed by atoms with Crippen molar-refractivity contribution >= 4 is 45.4 Å². The minimum absolute atomic E-state index is 0.0778. The van der Waals surface area contributed by atoms with Crippen molar-refractivity contribution in [3.8, 4) is 5.75 Å². The largest absolute Gasteiger partial charge is 0.497 e. The summed E-state index contributed by atoms with van der Waals surface area (Å²) in [6.07, 6.45) is 5.23. The molecule has 0 saturated carbocycles. The molecule has 2 heterocycles. The SMILES string of the molecule is C=CCN1C(=O)/C(=C\c2ccc(OC)cc2)SC1=Nc1nccs1. The minimum atomic E-state index is -0.0778. The van der Waals surface area contributed by atoms with E-state index < -0.39 is 0 Å². The van der Waals surface area contributed by atoms with Crippen molar-refractivity contribution in [3.05, 3.63) is 59.0 Å². The van der Waals surface area contributed by atoms with Crippen LogP contribution in [0.15, 0.2) is 58.4 Å². The lowest BCUT2D eigenvalue weighted by atomic mass is 10.2. The summed E-state index contributed by atoms with van der Waals surface area (Å²) < 4.78 is 5.15. The van der Waals surface area contributed by atoms with Gasteiger partial charge >= 0.3 is 0 Å². The zero-order valence-electron chi connectivity index (χ0n) is 13.0. The molecule has 0 N–H and O–H groups in total. The number of hydrogen-bond acceptors (Lipinski definition) is 6. The Morgan fingerprint density at radius 3 is 2.79 bits per heavy atom. The number of methoxy groups -OCH3 is 1. The van der Waals surface area contributed by atoms with Gasteiger partial charge in [-0.1, -0.05) is 18.2 Å². The van der Waals surface area contributed by atoms with Crippen molar-refractivity contribution in [3.63, 3.8) is 0 Å². The maximum atomic E-state index is 12.6. The van der Waals surface area contributed by atoms with E-state index in [2.05, 4.69) is 16.6 Å². The molecule has 3 rings (SSSR count). The topological polar surface area (TPSA) is 54.8 Å². The molecule has 1 aromatic carbocycles. The van der Waals surface area contributed by atoms with Crippen LogP contribution < -0.4 is 4.74 Å². The third-order valence-corrected chi connectivity index (χ3v) is 4.90. The van der Waals surface area contributed by atoms with Gasteiger partial charge in [0.2, 0.25) is 5.13 Å². The summed E-state index contributed by atoms with van der Waals surface area (Å²) in [5.74, 6) is 0.702. The van der Waals surface area contributed by atoms with Gasteiger partial charge in [-0.15, -0.1) is 17.9 Å². The normalized spacial score (nSPS) is 17.7. The first-order valence-electron chi connectivity index (χ1n) is 7.16. The second-order valence-electron chi connectivity index (χ2n) is 4.80. The van der Waals surface area contributed by atoms with Crippen molar-refractivity contribution in [2.75, 3.05) is 13.7 Å². The van der Waals surface area contributed by atoms with E-state index in [0.29, 0.717) is 21.7 Å². The molecule has 0 spiro atoms. The number of thioether (sulfide) groups is 1. The summed E-state index contributed by atoms with van der Waals surface area (Å²) in [7, 11) is 1.62. The maximum absolute atomic E-state index is 12.6. The van der Waals surface area contributed by atoms with E-state index in [1.165, 1.54) is 23.1 Å². The van der Waals surface area contributed by atoms with Crippen molar-refractivity contribution in [2.45, 2.75) is 0 Å². The van der Waals surface area contributed by atoms with Gasteiger partial charge in [-0.2, -0.15) is 4.99 Å². The van der Waals surface area contributed by atoms with Crippen LogP contribution >= 0.6 is 23.1 Å². The Balaban J connectivity index is 1.90. The van der Waals surface area contributed by atoms with Crippen LogP contribution in [0.3, 0.4) is 0 Å². The van der Waals surface area contributed by atoms with Crippen LogP contribution in [0, 0.1) is 0 Å². The van der Waals surface area contributed by atoms with E-state index >= 15 is 0 Å². The second-order valence-corrected chi connectivity index (χ2v) is 6.68. The monoisotopic (exact) mass is 357 g/mol. The Bertz CT molecular complexity index is 796. The summed E-state index contributed by atoms with van der Waals surface area (Å²) in [5.41, 5.74) is 0.931. The number of amides is 1. The molecule has 2 aromatic rings. The van der Waals surface area contributed by atoms with Crippen LogP contribution in [0.25, 0.3) is 6.08 Å². The van der Waals surface area contributed by atoms with E-state index in [-0.39, 0.29) is 5.91 Å². The number of amidine groups is 1. The molecular formula is C17H15N3O2S2. The number of carbonyl (C=O) groups excluding carboxylic acids is 1. The fourth-order valence-corrected chi connectivity index (χ4v) is 3.64. The highest BCUT2D eigenvalue weighted by Gasteiger charge is 2.32. The highest BCUT2D eigenvalue weighted by molar-refractivity contribution is 8.18. The molecule has 1 aliphatic heterocycles. The fourth-order valence-electron chi connectivity index (χ4n) is 2.09. The molecular weight excluding hydrogens is 342 g/mol. The van der Waals surface area contributed by atoms with Gasteiger partial charge in [0.15, 0.2) is 5.17 Å². The van der Waals surface area contributed by atoms with Crippen molar-refractivity contribution in [1.29, 1.82) is 0 Å². The number of aromatic nitrogens is 1. The summed E-state index contributed by atoms with van der Waals surface area (Å²) in [4.78, 5) is 23.5. The van der Waals surface area contributed by atoms with Crippen LogP contribution in [0.2, 0.25) is 0 Å². The lowest BCUT2D eigenvalue weighted by molar-refractivity contribution is -0.121. The number of benzene rings is 1. The van der Waals surface area contributed by atoms with Crippen LogP contribution in [0.5, 0.6) is 5.75 Å². The number of nitrogens with zero attached hydrogens (tertiary/aromatic N) is 3. The molecule has 7 heteroatoms. The quantitative estimate of drug-likeness (QED) is 0.601. The molecule has 122 valence electrons. The molecule has 1 amide bonds. The van der Waals surface area contributed by atoms with Gasteiger partial charge < -0.3 is 4.74 Å². The van der Waals surface area contributed by atoms with Crippen LogP contribution in [-0.4, -0.2) is 34.6 Å². The standard InChI is InChI=1S/C17H15N3O2S2/c1-3-9-20-15(21)14(11-12-4-6-13(22-2)7-5-12)24-17(20)19-16-18-8-10-23-16/h3-8,10-11H,1,9H2,2H3/b14-11+,19-17?. The molecule has 0 unspecified atom stereocenters. The van der Waals surface area contributed by atoms with Crippen LogP contribution in [-0.2, 0) is 4.79 Å². The summed E-state index contributed by atoms with van der Waals surface area (Å²) in [5, 5.41) is 3.10. The first kappa shape index (κ1) is 16.5. The van der Waals surface area contributed by atoms with Crippen LogP contribution in [0.1, 0.15) is 5.56 Å². The van der Waals surface area contributed by atoms with E-state index in [4.69, 9.17) is 4.74 Å². The van der Waals surface area contributed by atoms with Gasteiger partial charge in [-0.25, -0.2) is 4.98 Å². The minimum Gasteiger partial charge on any atom is -0.497 e. The third kappa shape index (κ3) is 3.58. The summed E-state index contributed by atoms with van der Waals surface area (Å²) in [6, 6.07) is 7.55. The van der Waals surface area contributed by atoms with Crippen molar-refractivity contribution < 1.29 is 9.53 Å². The Kier molecular flexibility index (Phi) is 5.12. The number of aliphatic imine (C=N–C) groups is 1. The highest BCUT2D eigenvalue weighted by Crippen LogP contribution is 2.34. The maximum Gasteiger partial charge on any atom is 0.267 e. The number of rotatable bonds is 5. The highest BCUT2D eigenvalue weighted by atomic mass is 32.2. The molecule has 0 atom stereocenters. The Hall–Kier alpha value is -2.38. The smallest absolute Gasteiger partial charge is 0.267 e. The van der Waals surface area contributed by atoms with E-state index in [1.807, 2.05) is 35.7 Å². The van der Waals surface area contributed by atoms with Crippen molar-refractivity contribution in [2.24, 2.45) is 4.99 Å². The lowest BCUT2D eigenvalue weighted by Gasteiger charge is -2.11. The fraction of sp³-hybridized carbons (Fsp3) is 0.118. The van der Waals surface area contributed by atoms with E-state index in [9.17, 15) is 4.79 Å². The predicted molar refractivity (Wildman–Crippen MR) is 99.7 cm³/mol. The summed E-state index contributed by atoms with van der Waals surface area (Å²) >= 11 is 2.78. The van der Waals surface area contributed by atoms with Crippen LogP contribution in [0.4, 0.5) is 5.13 Å². The molecule has 1 aliphatic rings. The summed E-state index contributed by atoms with van der Waals surface area (Å²) in [6.45, 7) is 4.13. The van der Waals surface area contributed by atoms with E-state index in [0.717, 1.165) is 11.3 Å². The van der Waals surface area contributed by atoms with Crippen molar-refractivity contribution in [1.82, 2.24) is 9.88 Å². The van der Waals surface area contributed by atoms with Gasteiger partial charge in [0, 0.05) is 18.1 Å². The Morgan fingerprint density at radius 1 is 1.38 bits per heavy atom. The predicted octanol–water partition coefficient (Wildman–Crippen LogP) is 3.94. The van der Waals surface area contributed by atoms with Gasteiger partial charge in [0.05, 0.1) is 12.0 Å². The van der Waals surface area contributed by atoms with Gasteiger partial charge in [-0.3, -0.25) is 9.69 Å². The molecule has 0 bridgehead atoms. The molecule has 0 aliphatic carbocycles. The van der Waals surface area contributed by atoms with Gasteiger partial charge in [0.25, 0.3) is 5.91 Å². The van der Waals surface area contributed by atoms with Gasteiger partial charge in [0.1, 0.15) is 5.75 Å². The molecule has 1 fully saturated rings. The zero-order valence-corrected chi connectivity index (χ0v) is 14.6. The number of thiazole rings is 1. The number of hydrogen-bond donors (Lipinski definition) is 0. The second kappa shape index (κ2) is 7.46. The third-order valence-electron chi connectivity index (χ3n) is 3.22. The average Bonchev–Trinajstić information content (AvgIpc) is 3.20. The average molecular weight is 357 g/mol. The Labute approximate surface area is 148 Å².